The number of rotatable bonds is 5. The van der Waals surface area contributed by atoms with Crippen molar-refractivity contribution in [2.45, 2.75) is 31.7 Å². The van der Waals surface area contributed by atoms with Crippen molar-refractivity contribution in [1.29, 1.82) is 0 Å². The van der Waals surface area contributed by atoms with E-state index in [4.69, 9.17) is 4.74 Å². The number of hydrogen-bond donors (Lipinski definition) is 1. The van der Waals surface area contributed by atoms with Crippen molar-refractivity contribution < 1.29 is 9.53 Å². The van der Waals surface area contributed by atoms with Crippen LogP contribution in [0.1, 0.15) is 24.0 Å². The van der Waals surface area contributed by atoms with Gasteiger partial charge in [-0.05, 0) is 43.0 Å². The van der Waals surface area contributed by atoms with E-state index in [0.717, 1.165) is 51.1 Å². The SMILES string of the molecule is O=C(Nc1nccs1)[C@@H]1CCCN1CCc1ccc2c(c1)CCO2. The van der Waals surface area contributed by atoms with Crippen LogP contribution in [0.2, 0.25) is 0 Å². The third-order valence-corrected chi connectivity index (χ3v) is 5.46. The zero-order valence-corrected chi connectivity index (χ0v) is 14.3. The number of ether oxygens (including phenoxy) is 1. The van der Waals surface area contributed by atoms with Gasteiger partial charge < -0.3 is 10.1 Å². The molecule has 0 aliphatic carbocycles. The zero-order chi connectivity index (χ0) is 16.4. The van der Waals surface area contributed by atoms with Crippen molar-refractivity contribution in [1.82, 2.24) is 9.88 Å². The third-order valence-electron chi connectivity index (χ3n) is 4.77. The summed E-state index contributed by atoms with van der Waals surface area (Å²) in [5.74, 6) is 1.10. The van der Waals surface area contributed by atoms with Gasteiger partial charge in [-0.2, -0.15) is 0 Å². The Morgan fingerprint density at radius 2 is 2.42 bits per heavy atom. The molecule has 1 fully saturated rings. The summed E-state index contributed by atoms with van der Waals surface area (Å²) in [5, 5.41) is 5.50. The van der Waals surface area contributed by atoms with Crippen molar-refractivity contribution in [3.8, 4) is 5.75 Å². The van der Waals surface area contributed by atoms with Gasteiger partial charge in [-0.25, -0.2) is 4.98 Å². The van der Waals surface area contributed by atoms with Crippen LogP contribution in [0.4, 0.5) is 5.13 Å². The Hall–Kier alpha value is -1.92. The number of thiazole rings is 1. The summed E-state index contributed by atoms with van der Waals surface area (Å²) < 4.78 is 5.56. The molecule has 0 bridgehead atoms. The fraction of sp³-hybridized carbons (Fsp3) is 0.444. The van der Waals surface area contributed by atoms with Crippen molar-refractivity contribution >= 4 is 22.4 Å². The molecule has 6 heteroatoms. The van der Waals surface area contributed by atoms with E-state index in [-0.39, 0.29) is 11.9 Å². The first-order chi connectivity index (χ1) is 11.8. The molecular formula is C18H21N3O2S. The van der Waals surface area contributed by atoms with E-state index in [1.165, 1.54) is 22.5 Å². The molecule has 0 spiro atoms. The predicted octanol–water partition coefficient (Wildman–Crippen LogP) is 2.72. The van der Waals surface area contributed by atoms with Crippen molar-refractivity contribution in [3.05, 3.63) is 40.9 Å². The number of aromatic nitrogens is 1. The minimum Gasteiger partial charge on any atom is -0.493 e. The quantitative estimate of drug-likeness (QED) is 0.907. The third kappa shape index (κ3) is 3.30. The molecular weight excluding hydrogens is 322 g/mol. The highest BCUT2D eigenvalue weighted by atomic mass is 32.1. The molecule has 3 heterocycles. The highest BCUT2D eigenvalue weighted by molar-refractivity contribution is 7.13. The van der Waals surface area contributed by atoms with Crippen LogP contribution < -0.4 is 10.1 Å². The number of carbonyl (C=O) groups excluding carboxylic acids is 1. The second kappa shape index (κ2) is 6.91. The van der Waals surface area contributed by atoms with Crippen molar-refractivity contribution in [2.75, 3.05) is 25.0 Å². The summed E-state index contributed by atoms with van der Waals surface area (Å²) in [6.07, 6.45) is 5.69. The van der Waals surface area contributed by atoms with Gasteiger partial charge in [-0.1, -0.05) is 12.1 Å². The topological polar surface area (TPSA) is 54.5 Å². The molecule has 126 valence electrons. The maximum absolute atomic E-state index is 12.5. The minimum absolute atomic E-state index is 0.0355. The Balaban J connectivity index is 1.36. The van der Waals surface area contributed by atoms with Crippen LogP contribution in [0.15, 0.2) is 29.8 Å². The van der Waals surface area contributed by atoms with Gasteiger partial charge in [0, 0.05) is 24.5 Å². The van der Waals surface area contributed by atoms with Crippen LogP contribution in [0.25, 0.3) is 0 Å². The number of nitrogens with one attached hydrogen (secondary N) is 1. The molecule has 1 atom stereocenters. The van der Waals surface area contributed by atoms with Crippen molar-refractivity contribution in [3.63, 3.8) is 0 Å². The smallest absolute Gasteiger partial charge is 0.243 e. The monoisotopic (exact) mass is 343 g/mol. The van der Waals surface area contributed by atoms with Gasteiger partial charge in [0.05, 0.1) is 12.6 Å². The lowest BCUT2D eigenvalue weighted by Crippen LogP contribution is -2.40. The number of likely N-dealkylation sites (tertiary alicyclic amines) is 1. The van der Waals surface area contributed by atoms with Crippen LogP contribution in [0.3, 0.4) is 0 Å². The number of benzene rings is 1. The molecule has 2 aliphatic heterocycles. The van der Waals surface area contributed by atoms with E-state index in [1.54, 1.807) is 6.20 Å². The van der Waals surface area contributed by atoms with Crippen LogP contribution in [0.5, 0.6) is 5.75 Å². The van der Waals surface area contributed by atoms with E-state index in [9.17, 15) is 4.79 Å². The average molecular weight is 343 g/mol. The summed E-state index contributed by atoms with van der Waals surface area (Å²) >= 11 is 1.46. The number of fused-ring (bicyclic) bond motifs is 1. The molecule has 1 N–H and O–H groups in total. The number of carbonyl (C=O) groups is 1. The Morgan fingerprint density at radius 3 is 3.29 bits per heavy atom. The molecule has 4 rings (SSSR count). The van der Waals surface area contributed by atoms with Crippen LogP contribution in [-0.4, -0.2) is 41.5 Å². The standard InChI is InChI=1S/C18H21N3O2S/c22-17(20-18-19-7-11-24-18)15-2-1-8-21(15)9-5-13-3-4-16-14(12-13)6-10-23-16/h3-4,7,11-12,15H,1-2,5-6,8-10H2,(H,19,20,22)/t15-/m0/s1. The molecule has 24 heavy (non-hydrogen) atoms. The Morgan fingerprint density at radius 1 is 1.46 bits per heavy atom. The second-order valence-corrected chi connectivity index (χ2v) is 7.21. The lowest BCUT2D eigenvalue weighted by Gasteiger charge is -2.23. The molecule has 1 saturated heterocycles. The molecule has 5 nitrogen and oxygen atoms in total. The summed E-state index contributed by atoms with van der Waals surface area (Å²) in [7, 11) is 0. The average Bonchev–Trinajstić information content (AvgIpc) is 3.33. The Labute approximate surface area is 145 Å². The summed E-state index contributed by atoms with van der Waals surface area (Å²) in [6, 6.07) is 6.44. The van der Waals surface area contributed by atoms with Crippen LogP contribution in [-0.2, 0) is 17.6 Å². The first-order valence-electron chi connectivity index (χ1n) is 8.48. The fourth-order valence-corrected chi connectivity index (χ4v) is 4.06. The van der Waals surface area contributed by atoms with Gasteiger partial charge >= 0.3 is 0 Å². The first-order valence-corrected chi connectivity index (χ1v) is 9.36. The highest BCUT2D eigenvalue weighted by Crippen LogP contribution is 2.26. The molecule has 0 unspecified atom stereocenters. The first kappa shape index (κ1) is 15.6. The number of amides is 1. The zero-order valence-electron chi connectivity index (χ0n) is 13.5. The lowest BCUT2D eigenvalue weighted by atomic mass is 10.1. The minimum atomic E-state index is -0.0355. The van der Waals surface area contributed by atoms with Gasteiger partial charge in [0.1, 0.15) is 5.75 Å². The van der Waals surface area contributed by atoms with Gasteiger partial charge in [0.2, 0.25) is 5.91 Å². The van der Waals surface area contributed by atoms with E-state index < -0.39 is 0 Å². The van der Waals surface area contributed by atoms with Gasteiger partial charge in [-0.15, -0.1) is 11.3 Å². The van der Waals surface area contributed by atoms with Gasteiger partial charge in [0.15, 0.2) is 5.13 Å². The van der Waals surface area contributed by atoms with E-state index in [0.29, 0.717) is 5.13 Å². The maximum Gasteiger partial charge on any atom is 0.243 e. The summed E-state index contributed by atoms with van der Waals surface area (Å²) in [6.45, 7) is 2.70. The van der Waals surface area contributed by atoms with E-state index >= 15 is 0 Å². The normalized spacial score (nSPS) is 19.9. The van der Waals surface area contributed by atoms with E-state index in [2.05, 4.69) is 33.4 Å². The fourth-order valence-electron chi connectivity index (χ4n) is 3.53. The van der Waals surface area contributed by atoms with Crippen LogP contribution in [0, 0.1) is 0 Å². The second-order valence-electron chi connectivity index (χ2n) is 6.31. The molecule has 2 aliphatic rings. The van der Waals surface area contributed by atoms with Crippen molar-refractivity contribution in [2.24, 2.45) is 0 Å². The Bertz CT molecular complexity index is 717. The van der Waals surface area contributed by atoms with Crippen LogP contribution >= 0.6 is 11.3 Å². The molecule has 0 saturated carbocycles. The molecule has 1 aromatic carbocycles. The van der Waals surface area contributed by atoms with Gasteiger partial charge in [-0.3, -0.25) is 9.69 Å². The maximum atomic E-state index is 12.5. The molecule has 1 aromatic heterocycles. The van der Waals surface area contributed by atoms with Gasteiger partial charge in [0.25, 0.3) is 0 Å². The number of nitrogens with zero attached hydrogens (tertiary/aromatic N) is 2. The molecule has 2 aromatic rings. The molecule has 1 amide bonds. The highest BCUT2D eigenvalue weighted by Gasteiger charge is 2.30. The Kier molecular flexibility index (Phi) is 4.49. The number of anilines is 1. The lowest BCUT2D eigenvalue weighted by molar-refractivity contribution is -0.120. The van der Waals surface area contributed by atoms with E-state index in [1.807, 2.05) is 5.38 Å². The summed E-state index contributed by atoms with van der Waals surface area (Å²) in [5.41, 5.74) is 2.64. The number of hydrogen-bond acceptors (Lipinski definition) is 5. The molecule has 0 radical (unpaired) electrons. The summed E-state index contributed by atoms with van der Waals surface area (Å²) in [4.78, 5) is 18.9. The predicted molar refractivity (Wildman–Crippen MR) is 94.7 cm³/mol. The largest absolute Gasteiger partial charge is 0.493 e.